The highest BCUT2D eigenvalue weighted by Crippen LogP contribution is 2.25. The van der Waals surface area contributed by atoms with Gasteiger partial charge in [0.25, 0.3) is 0 Å². The predicted octanol–water partition coefficient (Wildman–Crippen LogP) is 4.10. The van der Waals surface area contributed by atoms with Crippen molar-refractivity contribution in [2.75, 3.05) is 5.75 Å². The van der Waals surface area contributed by atoms with Crippen LogP contribution in [0, 0.1) is 0 Å². The molecule has 2 rings (SSSR count). The summed E-state index contributed by atoms with van der Waals surface area (Å²) >= 11 is 6.07. The van der Waals surface area contributed by atoms with Crippen molar-refractivity contribution in [1.82, 2.24) is 5.32 Å². The minimum absolute atomic E-state index is 0.153. The van der Waals surface area contributed by atoms with Gasteiger partial charge in [-0.15, -0.1) is 11.8 Å². The van der Waals surface area contributed by atoms with Crippen LogP contribution in [0.4, 0.5) is 0 Å². The summed E-state index contributed by atoms with van der Waals surface area (Å²) in [6.07, 6.45) is 5.72. The van der Waals surface area contributed by atoms with E-state index in [1.165, 1.54) is 0 Å². The van der Waals surface area contributed by atoms with Crippen LogP contribution in [0.1, 0.15) is 55.5 Å². The van der Waals surface area contributed by atoms with E-state index < -0.39 is 10.7 Å². The van der Waals surface area contributed by atoms with E-state index in [9.17, 15) is 9.59 Å². The van der Waals surface area contributed by atoms with E-state index in [4.69, 9.17) is 5.11 Å². The van der Waals surface area contributed by atoms with Crippen LogP contribution < -0.4 is 5.32 Å². The van der Waals surface area contributed by atoms with E-state index in [0.29, 0.717) is 18.0 Å². The molecule has 2 N–H and O–H groups in total. The van der Waals surface area contributed by atoms with Crippen molar-refractivity contribution in [3.63, 3.8) is 0 Å². The second-order valence-electron chi connectivity index (χ2n) is 6.38. The molecule has 0 radical (unpaired) electrons. The standard InChI is InChI=1S/C19H24N2O3S2/c1-3-4-5-11-19(2,25)18(24)21-15-10-12-26-16(20-15)13-6-8-14(9-7-13)17(22)23/h6-10,25H,3-5,11-12H2,1-2H3,(H,21,24)(H,22,23). The van der Waals surface area contributed by atoms with Crippen LogP contribution in [-0.4, -0.2) is 32.5 Å². The molecule has 0 aliphatic carbocycles. The highest BCUT2D eigenvalue weighted by Gasteiger charge is 2.29. The third-order valence-electron chi connectivity index (χ3n) is 4.10. The summed E-state index contributed by atoms with van der Waals surface area (Å²) in [6.45, 7) is 3.95. The van der Waals surface area contributed by atoms with E-state index in [0.717, 1.165) is 29.9 Å². The van der Waals surface area contributed by atoms with Gasteiger partial charge in [0.2, 0.25) is 5.91 Å². The number of thiol groups is 1. The van der Waals surface area contributed by atoms with E-state index in [1.54, 1.807) is 36.0 Å². The Balaban J connectivity index is 2.05. The number of unbranched alkanes of at least 4 members (excludes halogenated alkanes) is 2. The quantitative estimate of drug-likeness (QED) is 0.460. The molecule has 0 aromatic heterocycles. The maximum absolute atomic E-state index is 12.5. The maximum atomic E-state index is 12.5. The van der Waals surface area contributed by atoms with Gasteiger partial charge in [0, 0.05) is 11.3 Å². The molecule has 0 saturated carbocycles. The van der Waals surface area contributed by atoms with Gasteiger partial charge in [-0.2, -0.15) is 12.6 Å². The summed E-state index contributed by atoms with van der Waals surface area (Å²) in [5.41, 5.74) is 1.06. The number of nitrogens with one attached hydrogen (secondary N) is 1. The van der Waals surface area contributed by atoms with Gasteiger partial charge in [0.05, 0.1) is 10.3 Å². The first kappa shape index (κ1) is 20.6. The average Bonchev–Trinajstić information content (AvgIpc) is 2.62. The minimum Gasteiger partial charge on any atom is -0.478 e. The summed E-state index contributed by atoms with van der Waals surface area (Å²) in [6, 6.07) is 6.56. The zero-order valence-corrected chi connectivity index (χ0v) is 16.7. The predicted molar refractivity (Wildman–Crippen MR) is 110 cm³/mol. The lowest BCUT2D eigenvalue weighted by atomic mass is 10.0. The van der Waals surface area contributed by atoms with Crippen molar-refractivity contribution in [2.45, 2.75) is 44.3 Å². The Morgan fingerprint density at radius 3 is 2.62 bits per heavy atom. The molecule has 1 heterocycles. The average molecular weight is 393 g/mol. The Labute approximate surface area is 163 Å². The molecular formula is C19H24N2O3S2. The number of carboxylic acid groups (broad SMARTS) is 1. The number of thioether (sulfide) groups is 1. The van der Waals surface area contributed by atoms with Crippen LogP contribution in [0.5, 0.6) is 0 Å². The molecule has 140 valence electrons. The molecule has 1 amide bonds. The first-order chi connectivity index (χ1) is 12.3. The molecule has 1 atom stereocenters. The summed E-state index contributed by atoms with van der Waals surface area (Å²) in [4.78, 5) is 28.0. The van der Waals surface area contributed by atoms with Gasteiger partial charge >= 0.3 is 5.97 Å². The summed E-state index contributed by atoms with van der Waals surface area (Å²) in [5.74, 6) is 0.0915. The zero-order valence-electron chi connectivity index (χ0n) is 15.0. The number of hydrogen-bond donors (Lipinski definition) is 3. The van der Waals surface area contributed by atoms with E-state index in [-0.39, 0.29) is 11.5 Å². The largest absolute Gasteiger partial charge is 0.478 e. The monoisotopic (exact) mass is 392 g/mol. The van der Waals surface area contributed by atoms with Crippen molar-refractivity contribution in [1.29, 1.82) is 0 Å². The summed E-state index contributed by atoms with van der Waals surface area (Å²) in [7, 11) is 0. The molecule has 0 saturated heterocycles. The highest BCUT2D eigenvalue weighted by molar-refractivity contribution is 8.14. The Morgan fingerprint density at radius 2 is 2.00 bits per heavy atom. The number of carboxylic acids is 1. The van der Waals surface area contributed by atoms with E-state index in [2.05, 4.69) is 29.9 Å². The highest BCUT2D eigenvalue weighted by atomic mass is 32.2. The maximum Gasteiger partial charge on any atom is 0.335 e. The number of benzene rings is 1. The fourth-order valence-electron chi connectivity index (χ4n) is 2.45. The lowest BCUT2D eigenvalue weighted by Crippen LogP contribution is -2.40. The lowest BCUT2D eigenvalue weighted by molar-refractivity contribution is -0.122. The topological polar surface area (TPSA) is 78.8 Å². The zero-order chi connectivity index (χ0) is 19.2. The van der Waals surface area contributed by atoms with Gasteiger partial charge in [-0.3, -0.25) is 4.79 Å². The summed E-state index contributed by atoms with van der Waals surface area (Å²) in [5, 5.41) is 12.6. The Morgan fingerprint density at radius 1 is 1.31 bits per heavy atom. The molecule has 1 aliphatic heterocycles. The fraction of sp³-hybridized carbons (Fsp3) is 0.421. The van der Waals surface area contributed by atoms with Crippen LogP contribution in [0.2, 0.25) is 0 Å². The molecule has 1 aromatic carbocycles. The van der Waals surface area contributed by atoms with E-state index in [1.807, 2.05) is 13.0 Å². The van der Waals surface area contributed by atoms with Crippen LogP contribution in [0.25, 0.3) is 0 Å². The van der Waals surface area contributed by atoms with Crippen molar-refractivity contribution < 1.29 is 14.7 Å². The molecule has 5 nitrogen and oxygen atoms in total. The third kappa shape index (κ3) is 5.64. The third-order valence-corrected chi connectivity index (χ3v) is 5.46. The van der Waals surface area contributed by atoms with Crippen molar-refractivity contribution >= 4 is 41.3 Å². The molecule has 1 unspecified atom stereocenters. The number of carbonyl (C=O) groups is 2. The lowest BCUT2D eigenvalue weighted by Gasteiger charge is -2.23. The van der Waals surface area contributed by atoms with Crippen molar-refractivity contribution in [3.05, 3.63) is 47.3 Å². The molecular weight excluding hydrogens is 368 g/mol. The van der Waals surface area contributed by atoms with Crippen LogP contribution in [-0.2, 0) is 4.79 Å². The fourth-order valence-corrected chi connectivity index (χ4v) is 3.53. The molecule has 7 heteroatoms. The second-order valence-corrected chi connectivity index (χ2v) is 8.38. The SMILES string of the molecule is CCCCCC(C)(S)C(=O)NC1=CCSC(c2ccc(C(=O)O)cc2)=N1. The second kappa shape index (κ2) is 9.28. The molecule has 26 heavy (non-hydrogen) atoms. The van der Waals surface area contributed by atoms with Crippen molar-refractivity contribution in [2.24, 2.45) is 4.99 Å². The van der Waals surface area contributed by atoms with Gasteiger partial charge in [0.15, 0.2) is 0 Å². The Kier molecular flexibility index (Phi) is 7.34. The van der Waals surface area contributed by atoms with Gasteiger partial charge in [0.1, 0.15) is 10.9 Å². The molecule has 0 spiro atoms. The van der Waals surface area contributed by atoms with Crippen LogP contribution >= 0.6 is 24.4 Å². The number of aliphatic imine (C=N–C) groups is 1. The number of rotatable bonds is 8. The first-order valence-electron chi connectivity index (χ1n) is 8.62. The van der Waals surface area contributed by atoms with Crippen LogP contribution in [0.3, 0.4) is 0 Å². The number of amides is 1. The Hall–Kier alpha value is -1.73. The number of carbonyl (C=O) groups excluding carboxylic acids is 1. The molecule has 1 aliphatic rings. The first-order valence-corrected chi connectivity index (χ1v) is 10.1. The number of nitrogens with zero attached hydrogens (tertiary/aromatic N) is 1. The van der Waals surface area contributed by atoms with Gasteiger partial charge in [-0.1, -0.05) is 38.3 Å². The molecule has 0 bridgehead atoms. The van der Waals surface area contributed by atoms with E-state index >= 15 is 0 Å². The van der Waals surface area contributed by atoms with Gasteiger partial charge in [-0.25, -0.2) is 9.79 Å². The minimum atomic E-state index is -0.959. The Bertz CT molecular complexity index is 725. The van der Waals surface area contributed by atoms with Crippen LogP contribution in [0.15, 0.2) is 41.2 Å². The van der Waals surface area contributed by atoms with Crippen molar-refractivity contribution in [3.8, 4) is 0 Å². The van der Waals surface area contributed by atoms with Gasteiger partial charge < -0.3 is 10.4 Å². The number of aromatic carboxylic acids is 1. The molecule has 0 fully saturated rings. The number of hydrogen-bond acceptors (Lipinski definition) is 5. The summed E-state index contributed by atoms with van der Waals surface area (Å²) < 4.78 is -0.737. The molecule has 1 aromatic rings. The normalized spacial score (nSPS) is 16.3. The van der Waals surface area contributed by atoms with Gasteiger partial charge in [-0.05, 0) is 31.6 Å². The smallest absolute Gasteiger partial charge is 0.335 e.